The van der Waals surface area contributed by atoms with Crippen molar-refractivity contribution in [2.45, 2.75) is 80.4 Å². The van der Waals surface area contributed by atoms with Crippen LogP contribution < -0.4 is 21.7 Å². The van der Waals surface area contributed by atoms with E-state index >= 15 is 0 Å². The van der Waals surface area contributed by atoms with Crippen molar-refractivity contribution in [1.82, 2.24) is 5.43 Å². The van der Waals surface area contributed by atoms with E-state index in [2.05, 4.69) is 23.8 Å². The molecule has 0 aromatic heterocycles. The van der Waals surface area contributed by atoms with Crippen molar-refractivity contribution >= 4 is 23.6 Å². The Labute approximate surface area is 203 Å². The minimum atomic E-state index is -0.728. The minimum absolute atomic E-state index is 0.537. The first-order chi connectivity index (χ1) is 15.6. The van der Waals surface area contributed by atoms with E-state index in [1.165, 1.54) is 11.1 Å². The topological polar surface area (TPSA) is 106 Å². The number of ether oxygens (including phenoxy) is 2. The molecule has 0 spiro atoms. The number of hydrazine groups is 2. The lowest BCUT2D eigenvalue weighted by Gasteiger charge is -2.29. The fourth-order valence-corrected chi connectivity index (χ4v) is 2.79. The molecule has 0 aliphatic heterocycles. The van der Waals surface area contributed by atoms with Crippen molar-refractivity contribution in [3.63, 3.8) is 0 Å². The van der Waals surface area contributed by atoms with Crippen LogP contribution in [0.3, 0.4) is 0 Å². The molecule has 8 heteroatoms. The molecule has 2 aromatic rings. The Morgan fingerprint density at radius 1 is 0.794 bits per heavy atom. The van der Waals surface area contributed by atoms with Crippen LogP contribution in [0.2, 0.25) is 0 Å². The van der Waals surface area contributed by atoms with E-state index in [-0.39, 0.29) is 0 Å². The monoisotopic (exact) mass is 472 g/mol. The second kappa shape index (κ2) is 11.7. The van der Waals surface area contributed by atoms with Crippen molar-refractivity contribution in [1.29, 1.82) is 0 Å². The first kappa shape index (κ1) is 28.8. The molecule has 0 aliphatic rings. The van der Waals surface area contributed by atoms with Crippen LogP contribution in [0.25, 0.3) is 0 Å². The fraction of sp³-hybridized carbons (Fsp3) is 0.462. The molecular formula is C26H40N4O4. The lowest BCUT2D eigenvalue weighted by atomic mass is 10.1. The number of hydrogen-bond acceptors (Lipinski definition) is 6. The minimum Gasteiger partial charge on any atom is -0.443 e. The summed E-state index contributed by atoms with van der Waals surface area (Å²) in [5.74, 6) is 5.27. The standard InChI is InChI=1S/C18H28N2O4.C8H12N2/c1-12-10-9-11-14(13(12)2)20(16(22)24-18(6,7)8)19-15(21)23-17(3,4)5;1-6-4-3-5-8(10-9)7(6)2/h9-11H,1-8H3,(H,19,21);3-5,10H,9H2,1-2H3. The van der Waals surface area contributed by atoms with E-state index in [1.807, 2.05) is 45.0 Å². The molecule has 0 atom stereocenters. The van der Waals surface area contributed by atoms with Crippen molar-refractivity contribution in [3.05, 3.63) is 58.7 Å². The van der Waals surface area contributed by atoms with Gasteiger partial charge in [-0.05, 0) is 104 Å². The molecule has 2 aromatic carbocycles. The number of nitrogens with one attached hydrogen (secondary N) is 2. The number of hydrogen-bond donors (Lipinski definition) is 3. The third-order valence-electron chi connectivity index (χ3n) is 4.76. The van der Waals surface area contributed by atoms with Crippen molar-refractivity contribution in [2.75, 3.05) is 10.4 Å². The summed E-state index contributed by atoms with van der Waals surface area (Å²) in [6.07, 6.45) is -1.41. The highest BCUT2D eigenvalue weighted by Gasteiger charge is 2.28. The lowest BCUT2D eigenvalue weighted by molar-refractivity contribution is 0.0425. The summed E-state index contributed by atoms with van der Waals surface area (Å²) in [6.45, 7) is 18.5. The zero-order valence-corrected chi connectivity index (χ0v) is 22.1. The van der Waals surface area contributed by atoms with Gasteiger partial charge in [-0.3, -0.25) is 5.84 Å². The Morgan fingerprint density at radius 2 is 1.29 bits per heavy atom. The second-order valence-electron chi connectivity index (χ2n) is 10.0. The third-order valence-corrected chi connectivity index (χ3v) is 4.76. The van der Waals surface area contributed by atoms with E-state index in [0.717, 1.165) is 21.8 Å². The maximum atomic E-state index is 12.6. The van der Waals surface area contributed by atoms with Gasteiger partial charge < -0.3 is 14.9 Å². The number of benzene rings is 2. The zero-order valence-electron chi connectivity index (χ0n) is 22.1. The van der Waals surface area contributed by atoms with E-state index in [9.17, 15) is 9.59 Å². The summed E-state index contributed by atoms with van der Waals surface area (Å²) in [7, 11) is 0. The van der Waals surface area contributed by atoms with E-state index in [1.54, 1.807) is 47.6 Å². The van der Waals surface area contributed by atoms with Gasteiger partial charge in [0.1, 0.15) is 11.2 Å². The summed E-state index contributed by atoms with van der Waals surface area (Å²) < 4.78 is 10.6. The Bertz CT molecular complexity index is 991. The molecule has 8 nitrogen and oxygen atoms in total. The highest BCUT2D eigenvalue weighted by atomic mass is 16.6. The highest BCUT2D eigenvalue weighted by Crippen LogP contribution is 2.24. The van der Waals surface area contributed by atoms with E-state index < -0.39 is 23.4 Å². The quantitative estimate of drug-likeness (QED) is 0.362. The maximum absolute atomic E-state index is 12.6. The summed E-state index contributed by atoms with van der Waals surface area (Å²) >= 11 is 0. The molecule has 0 saturated heterocycles. The smallest absolute Gasteiger partial charge is 0.434 e. The van der Waals surface area contributed by atoms with Crippen LogP contribution >= 0.6 is 0 Å². The van der Waals surface area contributed by atoms with Gasteiger partial charge >= 0.3 is 12.2 Å². The molecule has 4 N–H and O–H groups in total. The van der Waals surface area contributed by atoms with Crippen molar-refractivity contribution < 1.29 is 19.1 Å². The molecule has 0 fully saturated rings. The lowest BCUT2D eigenvalue weighted by Crippen LogP contribution is -2.50. The number of carbonyl (C=O) groups excluding carboxylic acids is 2. The first-order valence-corrected chi connectivity index (χ1v) is 11.2. The Morgan fingerprint density at radius 3 is 1.76 bits per heavy atom. The number of rotatable bonds is 2. The normalized spacial score (nSPS) is 11.0. The van der Waals surface area contributed by atoms with Gasteiger partial charge in [-0.15, -0.1) is 0 Å². The van der Waals surface area contributed by atoms with Crippen LogP contribution in [0.4, 0.5) is 21.0 Å². The van der Waals surface area contributed by atoms with E-state index in [4.69, 9.17) is 15.3 Å². The Hall–Kier alpha value is -3.26. The van der Waals surface area contributed by atoms with Gasteiger partial charge in [0.25, 0.3) is 0 Å². The van der Waals surface area contributed by atoms with Crippen molar-refractivity contribution in [2.24, 2.45) is 5.84 Å². The van der Waals surface area contributed by atoms with E-state index in [0.29, 0.717) is 5.69 Å². The van der Waals surface area contributed by atoms with Gasteiger partial charge in [0.2, 0.25) is 0 Å². The number of amides is 2. The predicted octanol–water partition coefficient (Wildman–Crippen LogP) is 6.07. The van der Waals surface area contributed by atoms with Crippen LogP contribution in [0.15, 0.2) is 36.4 Å². The van der Waals surface area contributed by atoms with Crippen LogP contribution in [-0.2, 0) is 9.47 Å². The molecule has 0 saturated carbocycles. The van der Waals surface area contributed by atoms with Crippen LogP contribution in [0.1, 0.15) is 63.8 Å². The molecule has 34 heavy (non-hydrogen) atoms. The fourth-order valence-electron chi connectivity index (χ4n) is 2.79. The van der Waals surface area contributed by atoms with Crippen molar-refractivity contribution in [3.8, 4) is 0 Å². The molecule has 188 valence electrons. The summed E-state index contributed by atoms with van der Waals surface area (Å²) in [5.41, 5.74) is 9.61. The predicted molar refractivity (Wildman–Crippen MR) is 138 cm³/mol. The van der Waals surface area contributed by atoms with Gasteiger partial charge in [0.15, 0.2) is 0 Å². The molecule has 0 heterocycles. The zero-order chi connectivity index (χ0) is 26.3. The molecule has 0 unspecified atom stereocenters. The number of nitrogens with two attached hydrogens (primary N) is 1. The SMILES string of the molecule is Cc1cccc(N(NC(=O)OC(C)(C)C)C(=O)OC(C)(C)C)c1C.Cc1cccc(NN)c1C. The van der Waals surface area contributed by atoms with Gasteiger partial charge in [-0.25, -0.2) is 15.0 Å². The largest absolute Gasteiger partial charge is 0.443 e. The number of anilines is 2. The van der Waals surface area contributed by atoms with Crippen LogP contribution in [0.5, 0.6) is 0 Å². The number of nitrogen functional groups attached to an aromatic ring is 1. The summed E-state index contributed by atoms with van der Waals surface area (Å²) in [4.78, 5) is 24.7. The van der Waals surface area contributed by atoms with Gasteiger partial charge in [0, 0.05) is 0 Å². The maximum Gasteiger partial charge on any atom is 0.434 e. The van der Waals surface area contributed by atoms with Gasteiger partial charge in [-0.1, -0.05) is 24.3 Å². The average molecular weight is 473 g/mol. The van der Waals surface area contributed by atoms with Crippen LogP contribution in [-0.4, -0.2) is 23.4 Å². The van der Waals surface area contributed by atoms with Gasteiger partial charge in [0.05, 0.1) is 11.4 Å². The molecular weight excluding hydrogens is 432 g/mol. The summed E-state index contributed by atoms with van der Waals surface area (Å²) in [5, 5.41) is 1.08. The number of nitrogens with zero attached hydrogens (tertiary/aromatic N) is 1. The first-order valence-electron chi connectivity index (χ1n) is 11.2. The molecule has 0 radical (unpaired) electrons. The molecule has 2 rings (SSSR count). The van der Waals surface area contributed by atoms with Gasteiger partial charge in [-0.2, -0.15) is 5.01 Å². The average Bonchev–Trinajstić information content (AvgIpc) is 2.68. The third kappa shape index (κ3) is 9.31. The number of aryl methyl sites for hydroxylation is 2. The second-order valence-corrected chi connectivity index (χ2v) is 10.0. The number of carbonyl (C=O) groups is 2. The van der Waals surface area contributed by atoms with Crippen LogP contribution in [0, 0.1) is 27.7 Å². The highest BCUT2D eigenvalue weighted by molar-refractivity contribution is 5.91. The molecule has 0 aliphatic carbocycles. The Balaban J connectivity index is 0.000000479. The molecule has 2 amide bonds. The molecule has 0 bridgehead atoms. The summed E-state index contributed by atoms with van der Waals surface area (Å²) in [6, 6.07) is 11.5. The Kier molecular flexibility index (Phi) is 9.94.